The first-order valence-electron chi connectivity index (χ1n) is 6.24. The van der Waals surface area contributed by atoms with Crippen LogP contribution in [0.3, 0.4) is 0 Å². The molecule has 2 aromatic carbocycles. The van der Waals surface area contributed by atoms with Crippen molar-refractivity contribution < 1.29 is 4.74 Å². The molecule has 3 nitrogen and oxygen atoms in total. The summed E-state index contributed by atoms with van der Waals surface area (Å²) < 4.78 is 5.87. The Bertz CT molecular complexity index is 758. The average molecular weight is 285 g/mol. The molecule has 0 saturated carbocycles. The molecule has 0 fully saturated rings. The van der Waals surface area contributed by atoms with Gasteiger partial charge in [-0.15, -0.1) is 0 Å². The topological polar surface area (TPSA) is 48.1 Å². The molecule has 20 heavy (non-hydrogen) atoms. The summed E-state index contributed by atoms with van der Waals surface area (Å²) in [6.45, 7) is 0.418. The molecule has 0 spiro atoms. The number of nitrogens with two attached hydrogens (primary N) is 1. The van der Waals surface area contributed by atoms with Crippen LogP contribution in [0.2, 0.25) is 5.02 Å². The number of ether oxygens (including phenoxy) is 1. The van der Waals surface area contributed by atoms with Crippen LogP contribution in [0.15, 0.2) is 54.9 Å². The van der Waals surface area contributed by atoms with E-state index in [4.69, 9.17) is 22.1 Å². The summed E-state index contributed by atoms with van der Waals surface area (Å²) in [7, 11) is 0. The van der Waals surface area contributed by atoms with Gasteiger partial charge in [0.1, 0.15) is 12.4 Å². The first-order chi connectivity index (χ1) is 9.75. The van der Waals surface area contributed by atoms with Gasteiger partial charge in [-0.25, -0.2) is 0 Å². The van der Waals surface area contributed by atoms with Gasteiger partial charge < -0.3 is 10.5 Å². The molecule has 0 aliphatic heterocycles. The van der Waals surface area contributed by atoms with Crippen LogP contribution in [-0.2, 0) is 6.61 Å². The Morgan fingerprint density at radius 2 is 1.90 bits per heavy atom. The molecule has 0 amide bonds. The van der Waals surface area contributed by atoms with Crippen molar-refractivity contribution in [3.63, 3.8) is 0 Å². The zero-order chi connectivity index (χ0) is 13.9. The number of rotatable bonds is 3. The third-order valence-electron chi connectivity index (χ3n) is 3.15. The van der Waals surface area contributed by atoms with Crippen LogP contribution < -0.4 is 10.5 Å². The van der Waals surface area contributed by atoms with Crippen molar-refractivity contribution >= 4 is 28.1 Å². The van der Waals surface area contributed by atoms with Gasteiger partial charge in [-0.05, 0) is 24.3 Å². The van der Waals surface area contributed by atoms with Gasteiger partial charge in [0.05, 0.1) is 0 Å². The molecule has 4 heteroatoms. The monoisotopic (exact) mass is 284 g/mol. The largest absolute Gasteiger partial charge is 0.488 e. The van der Waals surface area contributed by atoms with Gasteiger partial charge in [-0.1, -0.05) is 29.8 Å². The second-order valence-electron chi connectivity index (χ2n) is 4.45. The van der Waals surface area contributed by atoms with E-state index in [0.29, 0.717) is 17.3 Å². The normalized spacial score (nSPS) is 10.7. The lowest BCUT2D eigenvalue weighted by Gasteiger charge is -2.11. The van der Waals surface area contributed by atoms with E-state index in [1.54, 1.807) is 12.4 Å². The van der Waals surface area contributed by atoms with Crippen molar-refractivity contribution in [3.05, 3.63) is 65.4 Å². The fourth-order valence-electron chi connectivity index (χ4n) is 2.08. The summed E-state index contributed by atoms with van der Waals surface area (Å²) in [5.74, 6) is 0.775. The van der Waals surface area contributed by atoms with E-state index in [1.807, 2.05) is 42.5 Å². The van der Waals surface area contributed by atoms with Gasteiger partial charge in [0.2, 0.25) is 0 Å². The Hall–Kier alpha value is -2.26. The Kier molecular flexibility index (Phi) is 3.44. The summed E-state index contributed by atoms with van der Waals surface area (Å²) in [5, 5.41) is 2.55. The SMILES string of the molecule is Nc1ccc(OCc2ccccc2Cl)c2ccncc12. The lowest BCUT2D eigenvalue weighted by atomic mass is 10.1. The van der Waals surface area contributed by atoms with Crippen LogP contribution in [-0.4, -0.2) is 4.98 Å². The minimum absolute atomic E-state index is 0.418. The molecule has 1 aromatic heterocycles. The zero-order valence-electron chi connectivity index (χ0n) is 10.7. The molecule has 3 aromatic rings. The van der Waals surface area contributed by atoms with E-state index in [2.05, 4.69) is 4.98 Å². The van der Waals surface area contributed by atoms with Crippen molar-refractivity contribution in [2.24, 2.45) is 0 Å². The molecule has 0 radical (unpaired) electrons. The van der Waals surface area contributed by atoms with Crippen LogP contribution in [0.1, 0.15) is 5.56 Å². The van der Waals surface area contributed by atoms with Crippen molar-refractivity contribution in [1.29, 1.82) is 0 Å². The third-order valence-corrected chi connectivity index (χ3v) is 3.52. The van der Waals surface area contributed by atoms with Crippen LogP contribution >= 0.6 is 11.6 Å². The van der Waals surface area contributed by atoms with Gasteiger partial charge in [0.25, 0.3) is 0 Å². The van der Waals surface area contributed by atoms with Crippen molar-refractivity contribution in [3.8, 4) is 5.75 Å². The van der Waals surface area contributed by atoms with Crippen LogP contribution in [0.4, 0.5) is 5.69 Å². The number of halogens is 1. The molecular formula is C16H13ClN2O. The van der Waals surface area contributed by atoms with E-state index in [9.17, 15) is 0 Å². The van der Waals surface area contributed by atoms with Gasteiger partial charge in [0, 0.05) is 39.4 Å². The summed E-state index contributed by atoms with van der Waals surface area (Å²) in [6, 6.07) is 13.2. The Morgan fingerprint density at radius 3 is 2.75 bits per heavy atom. The predicted octanol–water partition coefficient (Wildman–Crippen LogP) is 4.05. The molecule has 0 saturated heterocycles. The number of anilines is 1. The maximum absolute atomic E-state index is 6.12. The van der Waals surface area contributed by atoms with Gasteiger partial charge in [0.15, 0.2) is 0 Å². The number of hydrogen-bond donors (Lipinski definition) is 1. The molecule has 1 heterocycles. The first-order valence-corrected chi connectivity index (χ1v) is 6.62. The summed E-state index contributed by atoms with van der Waals surface area (Å²) in [4.78, 5) is 4.09. The molecule has 0 bridgehead atoms. The van der Waals surface area contributed by atoms with E-state index < -0.39 is 0 Å². The standard InChI is InChI=1S/C16H13ClN2O/c17-14-4-2-1-3-11(14)10-20-16-6-5-15(18)13-9-19-8-7-12(13)16/h1-9H,10,18H2. The third kappa shape index (κ3) is 2.40. The highest BCUT2D eigenvalue weighted by molar-refractivity contribution is 6.31. The number of pyridine rings is 1. The Morgan fingerprint density at radius 1 is 1.05 bits per heavy atom. The molecular weight excluding hydrogens is 272 g/mol. The van der Waals surface area contributed by atoms with E-state index in [0.717, 1.165) is 22.1 Å². The first kappa shape index (κ1) is 12.8. The zero-order valence-corrected chi connectivity index (χ0v) is 11.5. The van der Waals surface area contributed by atoms with Crippen LogP contribution in [0, 0.1) is 0 Å². The van der Waals surface area contributed by atoms with Crippen LogP contribution in [0.5, 0.6) is 5.75 Å². The number of benzene rings is 2. The highest BCUT2D eigenvalue weighted by Crippen LogP contribution is 2.30. The maximum Gasteiger partial charge on any atom is 0.127 e. The Balaban J connectivity index is 1.92. The van der Waals surface area contributed by atoms with Gasteiger partial charge >= 0.3 is 0 Å². The highest BCUT2D eigenvalue weighted by atomic mass is 35.5. The second kappa shape index (κ2) is 5.39. The summed E-state index contributed by atoms with van der Waals surface area (Å²) in [5.41, 5.74) is 7.58. The summed E-state index contributed by atoms with van der Waals surface area (Å²) >= 11 is 6.12. The van der Waals surface area contributed by atoms with E-state index in [-0.39, 0.29) is 0 Å². The molecule has 0 atom stereocenters. The average Bonchev–Trinajstić information content (AvgIpc) is 2.48. The molecule has 2 N–H and O–H groups in total. The van der Waals surface area contributed by atoms with Gasteiger partial charge in [-0.2, -0.15) is 0 Å². The van der Waals surface area contributed by atoms with Gasteiger partial charge in [-0.3, -0.25) is 4.98 Å². The molecule has 0 aliphatic carbocycles. The maximum atomic E-state index is 6.12. The lowest BCUT2D eigenvalue weighted by molar-refractivity contribution is 0.310. The molecule has 100 valence electrons. The van der Waals surface area contributed by atoms with E-state index in [1.165, 1.54) is 0 Å². The molecule has 3 rings (SSSR count). The number of hydrogen-bond acceptors (Lipinski definition) is 3. The minimum Gasteiger partial charge on any atom is -0.488 e. The second-order valence-corrected chi connectivity index (χ2v) is 4.86. The fourth-order valence-corrected chi connectivity index (χ4v) is 2.27. The lowest BCUT2D eigenvalue weighted by Crippen LogP contribution is -1.98. The molecule has 0 unspecified atom stereocenters. The minimum atomic E-state index is 0.418. The van der Waals surface area contributed by atoms with Crippen molar-refractivity contribution in [1.82, 2.24) is 4.98 Å². The summed E-state index contributed by atoms with van der Waals surface area (Å²) in [6.07, 6.45) is 3.47. The fraction of sp³-hybridized carbons (Fsp3) is 0.0625. The van der Waals surface area contributed by atoms with E-state index >= 15 is 0 Å². The smallest absolute Gasteiger partial charge is 0.127 e. The number of fused-ring (bicyclic) bond motifs is 1. The van der Waals surface area contributed by atoms with Crippen molar-refractivity contribution in [2.45, 2.75) is 6.61 Å². The Labute approximate surface area is 122 Å². The van der Waals surface area contributed by atoms with Crippen molar-refractivity contribution in [2.75, 3.05) is 5.73 Å². The van der Waals surface area contributed by atoms with Crippen LogP contribution in [0.25, 0.3) is 10.8 Å². The highest BCUT2D eigenvalue weighted by Gasteiger charge is 2.06. The number of aromatic nitrogens is 1. The number of nitrogen functional groups attached to an aromatic ring is 1. The number of nitrogens with zero attached hydrogens (tertiary/aromatic N) is 1. The quantitative estimate of drug-likeness (QED) is 0.738. The molecule has 0 aliphatic rings. The predicted molar refractivity (Wildman–Crippen MR) is 81.9 cm³/mol.